The third-order valence-electron chi connectivity index (χ3n) is 3.30. The van der Waals surface area contributed by atoms with E-state index in [9.17, 15) is 13.2 Å². The Hall–Kier alpha value is -1.37. The minimum Gasteiger partial charge on any atom is -0.344 e. The Bertz CT molecular complexity index is 579. The van der Waals surface area contributed by atoms with E-state index in [1.165, 1.54) is 0 Å². The summed E-state index contributed by atoms with van der Waals surface area (Å²) in [6, 6.07) is 1.71. The van der Waals surface area contributed by atoms with Gasteiger partial charge in [0.1, 0.15) is 5.69 Å². The van der Waals surface area contributed by atoms with Crippen molar-refractivity contribution in [2.45, 2.75) is 38.6 Å². The Labute approximate surface area is 112 Å². The molecule has 1 amide bonds. The van der Waals surface area contributed by atoms with Crippen LogP contribution in [0.3, 0.4) is 0 Å². The number of carbonyl (C=O) groups excluding carboxylic acids is 1. The number of aromatic amines is 1. The summed E-state index contributed by atoms with van der Waals surface area (Å²) in [6.45, 7) is 3.81. The molecule has 6 nitrogen and oxygen atoms in total. The summed E-state index contributed by atoms with van der Waals surface area (Å²) in [6.07, 6.45) is 2.26. The largest absolute Gasteiger partial charge is 0.344 e. The number of aryl methyl sites for hydroxylation is 1. The Morgan fingerprint density at radius 1 is 1.58 bits per heavy atom. The van der Waals surface area contributed by atoms with Crippen molar-refractivity contribution in [1.29, 1.82) is 0 Å². The average molecular weight is 285 g/mol. The molecule has 2 N–H and O–H groups in total. The Morgan fingerprint density at radius 3 is 2.89 bits per heavy atom. The second-order valence-corrected chi connectivity index (χ2v) is 7.57. The molecule has 19 heavy (non-hydrogen) atoms. The molecular formula is C12H19N3O3S. The van der Waals surface area contributed by atoms with E-state index in [1.807, 2.05) is 6.92 Å². The van der Waals surface area contributed by atoms with Gasteiger partial charge in [-0.2, -0.15) is 5.10 Å². The highest BCUT2D eigenvalue weighted by Gasteiger charge is 2.39. The Kier molecular flexibility index (Phi) is 3.66. The molecule has 0 saturated carbocycles. The second-order valence-electron chi connectivity index (χ2n) is 5.39. The number of H-pyrrole nitrogens is 1. The summed E-state index contributed by atoms with van der Waals surface area (Å²) in [5.41, 5.74) is 0.547. The molecule has 1 saturated heterocycles. The van der Waals surface area contributed by atoms with Crippen molar-refractivity contribution in [2.75, 3.05) is 11.5 Å². The van der Waals surface area contributed by atoms with Gasteiger partial charge in [-0.05, 0) is 25.8 Å². The average Bonchev–Trinajstić information content (AvgIpc) is 2.84. The molecule has 2 rings (SSSR count). The molecule has 106 valence electrons. The van der Waals surface area contributed by atoms with E-state index in [0.717, 1.165) is 18.5 Å². The highest BCUT2D eigenvalue weighted by Crippen LogP contribution is 2.23. The number of aromatic nitrogens is 2. The van der Waals surface area contributed by atoms with Gasteiger partial charge in [0.05, 0.1) is 17.0 Å². The van der Waals surface area contributed by atoms with Crippen molar-refractivity contribution >= 4 is 15.7 Å². The van der Waals surface area contributed by atoms with Gasteiger partial charge >= 0.3 is 0 Å². The first-order chi connectivity index (χ1) is 8.84. The summed E-state index contributed by atoms with van der Waals surface area (Å²) in [7, 11) is -3.03. The molecule has 1 aliphatic heterocycles. The highest BCUT2D eigenvalue weighted by molar-refractivity contribution is 7.91. The maximum Gasteiger partial charge on any atom is 0.272 e. The smallest absolute Gasteiger partial charge is 0.272 e. The molecule has 1 aromatic heterocycles. The molecule has 1 atom stereocenters. The molecule has 0 aliphatic carbocycles. The lowest BCUT2D eigenvalue weighted by molar-refractivity contribution is 0.0910. The van der Waals surface area contributed by atoms with Crippen LogP contribution in [-0.2, 0) is 16.3 Å². The van der Waals surface area contributed by atoms with E-state index in [-0.39, 0.29) is 17.4 Å². The zero-order chi connectivity index (χ0) is 14.1. The molecule has 0 bridgehead atoms. The topological polar surface area (TPSA) is 91.9 Å². The van der Waals surface area contributed by atoms with Gasteiger partial charge in [-0.15, -0.1) is 0 Å². The van der Waals surface area contributed by atoms with E-state index in [0.29, 0.717) is 12.1 Å². The lowest BCUT2D eigenvalue weighted by Gasteiger charge is -2.23. The number of rotatable bonds is 4. The first-order valence-corrected chi connectivity index (χ1v) is 8.23. The van der Waals surface area contributed by atoms with E-state index in [2.05, 4.69) is 15.5 Å². The van der Waals surface area contributed by atoms with Crippen molar-refractivity contribution < 1.29 is 13.2 Å². The number of carbonyl (C=O) groups is 1. The molecule has 0 spiro atoms. The Morgan fingerprint density at radius 2 is 2.32 bits per heavy atom. The first kappa shape index (κ1) is 14.0. The van der Waals surface area contributed by atoms with Crippen molar-refractivity contribution in [3.63, 3.8) is 0 Å². The summed E-state index contributed by atoms with van der Waals surface area (Å²) in [4.78, 5) is 12.0. The molecule has 1 aliphatic rings. The number of sulfone groups is 1. The van der Waals surface area contributed by atoms with Crippen LogP contribution in [0.25, 0.3) is 0 Å². The van der Waals surface area contributed by atoms with Crippen LogP contribution in [-0.4, -0.2) is 41.6 Å². The van der Waals surface area contributed by atoms with Crippen LogP contribution < -0.4 is 5.32 Å². The number of amides is 1. The van der Waals surface area contributed by atoms with Crippen molar-refractivity contribution in [3.05, 3.63) is 17.5 Å². The maximum absolute atomic E-state index is 12.0. The van der Waals surface area contributed by atoms with Crippen LogP contribution in [0.1, 0.15) is 42.9 Å². The van der Waals surface area contributed by atoms with Crippen LogP contribution in [0, 0.1) is 0 Å². The standard InChI is InChI=1S/C12H19N3O3S/c1-3-4-9-7-10(15-14-9)11(16)13-12(2)5-6-19(17,18)8-12/h7H,3-6,8H2,1-2H3,(H,13,16)(H,14,15). The molecule has 7 heteroatoms. The lowest BCUT2D eigenvalue weighted by atomic mass is 10.0. The third-order valence-corrected chi connectivity index (χ3v) is 5.20. The zero-order valence-electron chi connectivity index (χ0n) is 11.2. The van der Waals surface area contributed by atoms with Crippen LogP contribution in [0.4, 0.5) is 0 Å². The predicted molar refractivity (Wildman–Crippen MR) is 71.7 cm³/mol. The quantitative estimate of drug-likeness (QED) is 0.850. The van der Waals surface area contributed by atoms with Gasteiger partial charge in [0.15, 0.2) is 9.84 Å². The van der Waals surface area contributed by atoms with E-state index >= 15 is 0 Å². The van der Waals surface area contributed by atoms with Crippen LogP contribution in [0.15, 0.2) is 6.07 Å². The molecule has 0 aromatic carbocycles. The Balaban J connectivity index is 2.04. The summed E-state index contributed by atoms with van der Waals surface area (Å²) in [5.74, 6) is -0.193. The normalized spacial score (nSPS) is 25.4. The molecule has 1 aromatic rings. The predicted octanol–water partition coefficient (Wildman–Crippen LogP) is 0.669. The van der Waals surface area contributed by atoms with Gasteiger partial charge in [0.25, 0.3) is 5.91 Å². The SMILES string of the molecule is CCCc1cc(C(=O)NC2(C)CCS(=O)(=O)C2)n[nH]1. The van der Waals surface area contributed by atoms with Gasteiger partial charge in [0, 0.05) is 5.69 Å². The zero-order valence-corrected chi connectivity index (χ0v) is 12.0. The maximum atomic E-state index is 12.0. The number of nitrogens with zero attached hydrogens (tertiary/aromatic N) is 1. The van der Waals surface area contributed by atoms with E-state index < -0.39 is 15.4 Å². The molecule has 1 fully saturated rings. The highest BCUT2D eigenvalue weighted by atomic mass is 32.2. The van der Waals surface area contributed by atoms with Crippen molar-refractivity contribution in [1.82, 2.24) is 15.5 Å². The van der Waals surface area contributed by atoms with Crippen LogP contribution in [0.2, 0.25) is 0 Å². The summed E-state index contributed by atoms with van der Waals surface area (Å²) >= 11 is 0. The number of nitrogens with one attached hydrogen (secondary N) is 2. The minimum absolute atomic E-state index is 0.00200. The number of hydrogen-bond acceptors (Lipinski definition) is 4. The van der Waals surface area contributed by atoms with Crippen LogP contribution >= 0.6 is 0 Å². The fraction of sp³-hybridized carbons (Fsp3) is 0.667. The third kappa shape index (κ3) is 3.34. The summed E-state index contributed by atoms with van der Waals surface area (Å²) < 4.78 is 23.0. The fourth-order valence-corrected chi connectivity index (χ4v) is 4.42. The van der Waals surface area contributed by atoms with Gasteiger partial charge in [-0.25, -0.2) is 8.42 Å². The van der Waals surface area contributed by atoms with E-state index in [1.54, 1.807) is 13.0 Å². The second kappa shape index (κ2) is 4.96. The van der Waals surface area contributed by atoms with Crippen molar-refractivity contribution in [3.8, 4) is 0 Å². The first-order valence-electron chi connectivity index (χ1n) is 6.41. The number of hydrogen-bond donors (Lipinski definition) is 2. The monoisotopic (exact) mass is 285 g/mol. The van der Waals surface area contributed by atoms with Gasteiger partial charge in [0.2, 0.25) is 0 Å². The fourth-order valence-electron chi connectivity index (χ4n) is 2.32. The van der Waals surface area contributed by atoms with Crippen molar-refractivity contribution in [2.24, 2.45) is 0 Å². The molecule has 2 heterocycles. The van der Waals surface area contributed by atoms with E-state index in [4.69, 9.17) is 0 Å². The minimum atomic E-state index is -3.03. The van der Waals surface area contributed by atoms with Crippen LogP contribution in [0.5, 0.6) is 0 Å². The molecule has 1 unspecified atom stereocenters. The van der Waals surface area contributed by atoms with Gasteiger partial charge in [-0.3, -0.25) is 9.89 Å². The van der Waals surface area contributed by atoms with Gasteiger partial charge in [-0.1, -0.05) is 13.3 Å². The molecule has 0 radical (unpaired) electrons. The van der Waals surface area contributed by atoms with Gasteiger partial charge < -0.3 is 5.32 Å². The lowest BCUT2D eigenvalue weighted by Crippen LogP contribution is -2.47. The summed E-state index contributed by atoms with van der Waals surface area (Å²) in [5, 5.41) is 9.55. The molecular weight excluding hydrogens is 266 g/mol.